The number of imidazole rings is 1. The first kappa shape index (κ1) is 12.1. The first-order valence-electron chi connectivity index (χ1n) is 7.03. The fraction of sp³-hybridized carbons (Fsp3) is 0.111. The van der Waals surface area contributed by atoms with Gasteiger partial charge in [-0.05, 0) is 44.2 Å². The minimum atomic E-state index is 0.947. The highest BCUT2D eigenvalue weighted by molar-refractivity contribution is 5.92. The van der Waals surface area contributed by atoms with Crippen LogP contribution in [0.1, 0.15) is 11.1 Å². The summed E-state index contributed by atoms with van der Waals surface area (Å²) in [6, 6.07) is 14.6. The number of aryl methyl sites for hydroxylation is 2. The second-order valence-corrected chi connectivity index (χ2v) is 5.44. The van der Waals surface area contributed by atoms with Gasteiger partial charge in [0.05, 0.1) is 11.2 Å². The zero-order valence-corrected chi connectivity index (χ0v) is 12.0. The van der Waals surface area contributed by atoms with Crippen LogP contribution in [0.5, 0.6) is 0 Å². The van der Waals surface area contributed by atoms with Crippen LogP contribution in [0.2, 0.25) is 0 Å². The molecule has 0 unspecified atom stereocenters. The number of hydrogen-bond acceptors (Lipinski definition) is 2. The molecule has 0 N–H and O–H groups in total. The quantitative estimate of drug-likeness (QED) is 0.521. The van der Waals surface area contributed by atoms with Gasteiger partial charge in [0.15, 0.2) is 0 Å². The maximum absolute atomic E-state index is 4.75. The Labute approximate surface area is 122 Å². The van der Waals surface area contributed by atoms with Crippen LogP contribution in [0.25, 0.3) is 27.9 Å². The third-order valence-corrected chi connectivity index (χ3v) is 3.72. The molecule has 1 aromatic carbocycles. The smallest absolute Gasteiger partial charge is 0.137 e. The summed E-state index contributed by atoms with van der Waals surface area (Å²) in [4.78, 5) is 9.33. The lowest BCUT2D eigenvalue weighted by Crippen LogP contribution is -1.88. The fourth-order valence-electron chi connectivity index (χ4n) is 2.91. The van der Waals surface area contributed by atoms with Gasteiger partial charge in [0.25, 0.3) is 0 Å². The molecule has 0 bridgehead atoms. The van der Waals surface area contributed by atoms with E-state index in [0.29, 0.717) is 0 Å². The molecule has 0 aliphatic rings. The van der Waals surface area contributed by atoms with Crippen LogP contribution < -0.4 is 0 Å². The van der Waals surface area contributed by atoms with Gasteiger partial charge < -0.3 is 0 Å². The molecule has 0 spiro atoms. The Morgan fingerprint density at radius 3 is 2.57 bits per heavy atom. The van der Waals surface area contributed by atoms with E-state index in [-0.39, 0.29) is 0 Å². The number of hydrogen-bond donors (Lipinski definition) is 0. The van der Waals surface area contributed by atoms with Crippen molar-refractivity contribution in [1.82, 2.24) is 14.4 Å². The van der Waals surface area contributed by atoms with Gasteiger partial charge in [0, 0.05) is 18.0 Å². The zero-order chi connectivity index (χ0) is 14.4. The van der Waals surface area contributed by atoms with E-state index in [1.165, 1.54) is 11.1 Å². The number of nitrogens with zero attached hydrogens (tertiary/aromatic N) is 3. The average Bonchev–Trinajstić information content (AvgIpc) is 2.84. The highest BCUT2D eigenvalue weighted by Crippen LogP contribution is 2.28. The van der Waals surface area contributed by atoms with Crippen molar-refractivity contribution >= 4 is 16.7 Å². The molecule has 3 heterocycles. The zero-order valence-electron chi connectivity index (χ0n) is 12.0. The van der Waals surface area contributed by atoms with E-state index in [1.807, 2.05) is 36.7 Å². The predicted octanol–water partition coefficient (Wildman–Crippen LogP) is 4.17. The van der Waals surface area contributed by atoms with Gasteiger partial charge >= 0.3 is 0 Å². The number of pyridine rings is 2. The molecule has 21 heavy (non-hydrogen) atoms. The predicted molar refractivity (Wildman–Crippen MR) is 85.4 cm³/mol. The Kier molecular flexibility index (Phi) is 2.54. The van der Waals surface area contributed by atoms with E-state index in [4.69, 9.17) is 4.98 Å². The van der Waals surface area contributed by atoms with Gasteiger partial charge in [0.2, 0.25) is 0 Å². The molecule has 0 aliphatic heterocycles. The van der Waals surface area contributed by atoms with E-state index in [0.717, 1.165) is 27.9 Å². The maximum atomic E-state index is 4.75. The van der Waals surface area contributed by atoms with E-state index in [2.05, 4.69) is 41.4 Å². The van der Waals surface area contributed by atoms with E-state index >= 15 is 0 Å². The van der Waals surface area contributed by atoms with E-state index < -0.39 is 0 Å². The second-order valence-electron chi connectivity index (χ2n) is 5.44. The van der Waals surface area contributed by atoms with Crippen LogP contribution in [0.4, 0.5) is 0 Å². The summed E-state index contributed by atoms with van der Waals surface area (Å²) < 4.78 is 2.10. The topological polar surface area (TPSA) is 30.2 Å². The summed E-state index contributed by atoms with van der Waals surface area (Å²) in [5, 5.41) is 0. The van der Waals surface area contributed by atoms with Gasteiger partial charge in [-0.15, -0.1) is 0 Å². The maximum Gasteiger partial charge on any atom is 0.137 e. The lowest BCUT2D eigenvalue weighted by atomic mass is 10.0. The van der Waals surface area contributed by atoms with Gasteiger partial charge in [-0.25, -0.2) is 4.98 Å². The number of fused-ring (bicyclic) bond motifs is 3. The Hall–Kier alpha value is -2.68. The van der Waals surface area contributed by atoms with Crippen molar-refractivity contribution in [3.63, 3.8) is 0 Å². The minimum absolute atomic E-state index is 0.947. The standard InChI is InChI=1S/C18H15N3/c1-12-9-13(2)11-14(10-12)17-18-15(6-7-19-17)21-8-4-3-5-16(21)20-18/h3-11H,1-2H3. The molecule has 102 valence electrons. The Balaban J connectivity index is 2.09. The number of benzene rings is 1. The van der Waals surface area contributed by atoms with Crippen molar-refractivity contribution in [2.24, 2.45) is 0 Å². The largest absolute Gasteiger partial charge is 0.300 e. The first-order valence-corrected chi connectivity index (χ1v) is 7.03. The van der Waals surface area contributed by atoms with Crippen LogP contribution in [0, 0.1) is 13.8 Å². The molecule has 0 atom stereocenters. The van der Waals surface area contributed by atoms with E-state index in [1.54, 1.807) is 0 Å². The first-order chi connectivity index (χ1) is 10.2. The van der Waals surface area contributed by atoms with Crippen LogP contribution in [0.15, 0.2) is 54.9 Å². The van der Waals surface area contributed by atoms with Crippen LogP contribution in [0.3, 0.4) is 0 Å². The summed E-state index contributed by atoms with van der Waals surface area (Å²) in [6.07, 6.45) is 3.90. The summed E-state index contributed by atoms with van der Waals surface area (Å²) in [5.41, 5.74) is 7.55. The molecule has 0 aliphatic carbocycles. The van der Waals surface area contributed by atoms with Crippen LogP contribution in [-0.2, 0) is 0 Å². The monoisotopic (exact) mass is 273 g/mol. The molecular weight excluding hydrogens is 258 g/mol. The third-order valence-electron chi connectivity index (χ3n) is 3.72. The third kappa shape index (κ3) is 1.89. The fourth-order valence-corrected chi connectivity index (χ4v) is 2.91. The normalized spacial score (nSPS) is 11.3. The Morgan fingerprint density at radius 2 is 1.76 bits per heavy atom. The molecule has 0 saturated heterocycles. The van der Waals surface area contributed by atoms with Gasteiger partial charge in [-0.1, -0.05) is 23.3 Å². The Bertz CT molecular complexity index is 946. The van der Waals surface area contributed by atoms with Crippen molar-refractivity contribution in [3.05, 3.63) is 66.0 Å². The Morgan fingerprint density at radius 1 is 0.952 bits per heavy atom. The van der Waals surface area contributed by atoms with Crippen molar-refractivity contribution in [1.29, 1.82) is 0 Å². The average molecular weight is 273 g/mol. The second kappa shape index (κ2) is 4.42. The lowest BCUT2D eigenvalue weighted by molar-refractivity contribution is 1.22. The molecule has 4 aromatic rings. The molecule has 0 fully saturated rings. The molecule has 3 aromatic heterocycles. The minimum Gasteiger partial charge on any atom is -0.300 e. The summed E-state index contributed by atoms with van der Waals surface area (Å²) in [5.74, 6) is 0. The van der Waals surface area contributed by atoms with E-state index in [9.17, 15) is 0 Å². The molecule has 3 heteroatoms. The van der Waals surface area contributed by atoms with Crippen molar-refractivity contribution < 1.29 is 0 Å². The molecule has 0 radical (unpaired) electrons. The molecule has 4 rings (SSSR count). The molecular formula is C18H15N3. The van der Waals surface area contributed by atoms with Gasteiger partial charge in [-0.3, -0.25) is 9.38 Å². The van der Waals surface area contributed by atoms with Crippen LogP contribution in [-0.4, -0.2) is 14.4 Å². The number of aromatic nitrogens is 3. The highest BCUT2D eigenvalue weighted by atomic mass is 15.0. The summed E-state index contributed by atoms with van der Waals surface area (Å²) >= 11 is 0. The lowest BCUT2D eigenvalue weighted by Gasteiger charge is -2.05. The van der Waals surface area contributed by atoms with Crippen LogP contribution >= 0.6 is 0 Å². The van der Waals surface area contributed by atoms with Gasteiger partial charge in [-0.2, -0.15) is 0 Å². The number of rotatable bonds is 1. The SMILES string of the molecule is Cc1cc(C)cc(-c2nccc3c2nc2ccccn23)c1. The summed E-state index contributed by atoms with van der Waals surface area (Å²) in [7, 11) is 0. The summed E-state index contributed by atoms with van der Waals surface area (Å²) in [6.45, 7) is 4.22. The van der Waals surface area contributed by atoms with Crippen molar-refractivity contribution in [3.8, 4) is 11.3 Å². The van der Waals surface area contributed by atoms with Crippen molar-refractivity contribution in [2.45, 2.75) is 13.8 Å². The van der Waals surface area contributed by atoms with Gasteiger partial charge in [0.1, 0.15) is 11.2 Å². The molecule has 3 nitrogen and oxygen atoms in total. The highest BCUT2D eigenvalue weighted by Gasteiger charge is 2.11. The van der Waals surface area contributed by atoms with Crippen molar-refractivity contribution in [2.75, 3.05) is 0 Å². The molecule has 0 saturated carbocycles. The molecule has 0 amide bonds.